The van der Waals surface area contributed by atoms with Crippen LogP contribution in [0.15, 0.2) is 29.4 Å². The Morgan fingerprint density at radius 2 is 2.00 bits per heavy atom. The summed E-state index contributed by atoms with van der Waals surface area (Å²) in [4.78, 5) is 4.71. The Morgan fingerprint density at radius 1 is 1.15 bits per heavy atom. The molecule has 0 spiro atoms. The van der Waals surface area contributed by atoms with Crippen LogP contribution in [0.3, 0.4) is 0 Å². The summed E-state index contributed by atoms with van der Waals surface area (Å²) in [5.74, 6) is 2.68. The van der Waals surface area contributed by atoms with Gasteiger partial charge in [0.05, 0.1) is 0 Å². The molecular formula is C20H34N6. The SMILES string of the molecule is CCNC(=NCCCc1nnc2ccccn12)NC(C)CCCC(C)C. The molecule has 6 nitrogen and oxygen atoms in total. The van der Waals surface area contributed by atoms with E-state index >= 15 is 0 Å². The number of nitrogens with one attached hydrogen (secondary N) is 2. The van der Waals surface area contributed by atoms with Gasteiger partial charge in [0.25, 0.3) is 0 Å². The van der Waals surface area contributed by atoms with Crippen LogP contribution in [0.2, 0.25) is 0 Å². The van der Waals surface area contributed by atoms with Crippen LogP contribution in [0, 0.1) is 5.92 Å². The van der Waals surface area contributed by atoms with Crippen LogP contribution in [0.25, 0.3) is 5.65 Å². The lowest BCUT2D eigenvalue weighted by atomic mass is 10.0. The molecule has 1 unspecified atom stereocenters. The number of nitrogens with zero attached hydrogens (tertiary/aromatic N) is 4. The second kappa shape index (κ2) is 10.8. The Kier molecular flexibility index (Phi) is 8.38. The Labute approximate surface area is 157 Å². The summed E-state index contributed by atoms with van der Waals surface area (Å²) in [5, 5.41) is 15.3. The summed E-state index contributed by atoms with van der Waals surface area (Å²) in [6.45, 7) is 10.5. The zero-order chi connectivity index (χ0) is 18.8. The lowest BCUT2D eigenvalue weighted by Crippen LogP contribution is -2.42. The summed E-state index contributed by atoms with van der Waals surface area (Å²) >= 11 is 0. The predicted octanol–water partition coefficient (Wildman–Crippen LogP) is 3.43. The minimum Gasteiger partial charge on any atom is -0.357 e. The first-order valence-electron chi connectivity index (χ1n) is 9.93. The summed E-state index contributed by atoms with van der Waals surface area (Å²) in [6, 6.07) is 6.40. The molecule has 2 aromatic heterocycles. The molecule has 2 heterocycles. The van der Waals surface area contributed by atoms with E-state index in [2.05, 4.69) is 48.5 Å². The van der Waals surface area contributed by atoms with E-state index in [1.165, 1.54) is 19.3 Å². The van der Waals surface area contributed by atoms with Gasteiger partial charge < -0.3 is 10.6 Å². The number of aryl methyl sites for hydroxylation is 1. The van der Waals surface area contributed by atoms with Crippen molar-refractivity contribution < 1.29 is 0 Å². The highest BCUT2D eigenvalue weighted by atomic mass is 15.2. The predicted molar refractivity (Wildman–Crippen MR) is 109 cm³/mol. The molecule has 0 aliphatic rings. The maximum atomic E-state index is 4.71. The Hall–Kier alpha value is -2.11. The molecule has 0 aliphatic carbocycles. The number of rotatable bonds is 10. The number of fused-ring (bicyclic) bond motifs is 1. The van der Waals surface area contributed by atoms with E-state index in [-0.39, 0.29) is 0 Å². The number of hydrogen-bond acceptors (Lipinski definition) is 3. The molecule has 6 heteroatoms. The van der Waals surface area contributed by atoms with Gasteiger partial charge in [-0.05, 0) is 44.7 Å². The van der Waals surface area contributed by atoms with Gasteiger partial charge >= 0.3 is 0 Å². The molecule has 1 atom stereocenters. The highest BCUT2D eigenvalue weighted by Gasteiger charge is 2.07. The summed E-state index contributed by atoms with van der Waals surface area (Å²) < 4.78 is 2.05. The molecule has 0 amide bonds. The Morgan fingerprint density at radius 3 is 2.77 bits per heavy atom. The molecule has 2 N–H and O–H groups in total. The maximum Gasteiger partial charge on any atom is 0.191 e. The standard InChI is InChI=1S/C20H34N6/c1-5-21-20(23-17(4)11-8-10-16(2)3)22-14-9-13-19-25-24-18-12-6-7-15-26(18)19/h6-7,12,15-17H,5,8-11,13-14H2,1-4H3,(H2,21,22,23). The van der Waals surface area contributed by atoms with Crippen molar-refractivity contribution in [2.24, 2.45) is 10.9 Å². The minimum atomic E-state index is 0.437. The van der Waals surface area contributed by atoms with Gasteiger partial charge in [-0.1, -0.05) is 32.8 Å². The summed E-state index contributed by atoms with van der Waals surface area (Å²) in [7, 11) is 0. The first kappa shape index (κ1) is 20.2. The van der Waals surface area contributed by atoms with Crippen molar-refractivity contribution in [3.05, 3.63) is 30.2 Å². The fraction of sp³-hybridized carbons (Fsp3) is 0.650. The maximum absolute atomic E-state index is 4.71. The smallest absolute Gasteiger partial charge is 0.191 e. The van der Waals surface area contributed by atoms with Crippen molar-refractivity contribution in [2.45, 2.75) is 65.8 Å². The summed E-state index contributed by atoms with van der Waals surface area (Å²) in [6.07, 6.45) is 7.55. The molecule has 0 fully saturated rings. The van der Waals surface area contributed by atoms with Gasteiger partial charge in [-0.3, -0.25) is 9.39 Å². The molecule has 0 aliphatic heterocycles. The molecule has 0 saturated carbocycles. The van der Waals surface area contributed by atoms with E-state index in [4.69, 9.17) is 4.99 Å². The van der Waals surface area contributed by atoms with E-state index in [0.717, 1.165) is 49.3 Å². The van der Waals surface area contributed by atoms with Gasteiger partial charge in [0, 0.05) is 31.7 Å². The lowest BCUT2D eigenvalue weighted by Gasteiger charge is -2.18. The average Bonchev–Trinajstić information content (AvgIpc) is 3.01. The van der Waals surface area contributed by atoms with Crippen LogP contribution in [-0.4, -0.2) is 39.7 Å². The number of guanidine groups is 1. The Bertz CT molecular complexity index is 676. The van der Waals surface area contributed by atoms with Crippen molar-refractivity contribution in [2.75, 3.05) is 13.1 Å². The molecule has 0 bridgehead atoms. The first-order valence-corrected chi connectivity index (χ1v) is 9.93. The van der Waals surface area contributed by atoms with Crippen molar-refractivity contribution in [1.82, 2.24) is 25.2 Å². The van der Waals surface area contributed by atoms with Gasteiger partial charge in [-0.25, -0.2) is 0 Å². The molecular weight excluding hydrogens is 324 g/mol. The normalized spacial score (nSPS) is 13.3. The molecule has 0 saturated heterocycles. The van der Waals surface area contributed by atoms with E-state index in [1.54, 1.807) is 0 Å². The summed E-state index contributed by atoms with van der Waals surface area (Å²) in [5.41, 5.74) is 0.899. The van der Waals surface area contributed by atoms with Gasteiger partial charge in [0.1, 0.15) is 5.82 Å². The fourth-order valence-electron chi connectivity index (χ4n) is 2.95. The average molecular weight is 359 g/mol. The number of aliphatic imine (C=N–C) groups is 1. The van der Waals surface area contributed by atoms with Crippen molar-refractivity contribution in [3.8, 4) is 0 Å². The number of aromatic nitrogens is 3. The highest BCUT2D eigenvalue weighted by molar-refractivity contribution is 5.80. The lowest BCUT2D eigenvalue weighted by molar-refractivity contribution is 0.491. The minimum absolute atomic E-state index is 0.437. The quantitative estimate of drug-likeness (QED) is 0.388. The van der Waals surface area contributed by atoms with E-state index < -0.39 is 0 Å². The van der Waals surface area contributed by atoms with Crippen LogP contribution in [0.1, 0.15) is 59.2 Å². The second-order valence-electron chi connectivity index (χ2n) is 7.28. The third kappa shape index (κ3) is 6.65. The first-order chi connectivity index (χ1) is 12.6. The van der Waals surface area contributed by atoms with Crippen molar-refractivity contribution >= 4 is 11.6 Å². The fourth-order valence-corrected chi connectivity index (χ4v) is 2.95. The Balaban J connectivity index is 1.79. The van der Waals surface area contributed by atoms with Crippen LogP contribution >= 0.6 is 0 Å². The molecule has 0 aromatic carbocycles. The van der Waals surface area contributed by atoms with E-state index in [9.17, 15) is 0 Å². The zero-order valence-corrected chi connectivity index (χ0v) is 16.7. The van der Waals surface area contributed by atoms with Gasteiger partial charge in [0.15, 0.2) is 11.6 Å². The molecule has 2 rings (SSSR count). The second-order valence-corrected chi connectivity index (χ2v) is 7.28. The van der Waals surface area contributed by atoms with Crippen LogP contribution in [0.4, 0.5) is 0 Å². The van der Waals surface area contributed by atoms with E-state index in [0.29, 0.717) is 6.04 Å². The molecule has 2 aromatic rings. The highest BCUT2D eigenvalue weighted by Crippen LogP contribution is 2.08. The number of hydrogen-bond donors (Lipinski definition) is 2. The number of pyridine rings is 1. The van der Waals surface area contributed by atoms with Crippen molar-refractivity contribution in [3.63, 3.8) is 0 Å². The van der Waals surface area contributed by atoms with Crippen LogP contribution in [0.5, 0.6) is 0 Å². The van der Waals surface area contributed by atoms with Crippen LogP contribution < -0.4 is 10.6 Å². The zero-order valence-electron chi connectivity index (χ0n) is 16.7. The monoisotopic (exact) mass is 358 g/mol. The van der Waals surface area contributed by atoms with Gasteiger partial charge in [0.2, 0.25) is 0 Å². The third-order valence-electron chi connectivity index (χ3n) is 4.36. The third-order valence-corrected chi connectivity index (χ3v) is 4.36. The van der Waals surface area contributed by atoms with E-state index in [1.807, 2.05) is 28.8 Å². The van der Waals surface area contributed by atoms with Gasteiger partial charge in [-0.15, -0.1) is 10.2 Å². The largest absolute Gasteiger partial charge is 0.357 e. The van der Waals surface area contributed by atoms with Crippen molar-refractivity contribution in [1.29, 1.82) is 0 Å². The topological polar surface area (TPSA) is 66.6 Å². The molecule has 26 heavy (non-hydrogen) atoms. The molecule has 0 radical (unpaired) electrons. The van der Waals surface area contributed by atoms with Gasteiger partial charge in [-0.2, -0.15) is 0 Å². The van der Waals surface area contributed by atoms with Crippen LogP contribution in [-0.2, 0) is 6.42 Å². The molecule has 144 valence electrons.